The average Bonchev–Trinajstić information content (AvgIpc) is 3.24. The van der Waals surface area contributed by atoms with Gasteiger partial charge in [-0.25, -0.2) is 4.79 Å². The standard InChI is InChI=1S/C19H22N2O4/c1-25-19(24)16-8-13-4-2-3-5-15(13)21(16)18(23)14-9-17(22)20(11-14)10-12-6-7-12/h2-5,12,14,16H,6-11H2,1H3. The lowest BCUT2D eigenvalue weighted by molar-refractivity contribution is -0.143. The number of nitrogens with zero attached hydrogens (tertiary/aromatic N) is 2. The van der Waals surface area contributed by atoms with Gasteiger partial charge in [0.25, 0.3) is 0 Å². The predicted molar refractivity (Wildman–Crippen MR) is 90.8 cm³/mol. The van der Waals surface area contributed by atoms with Gasteiger partial charge in [-0.15, -0.1) is 0 Å². The zero-order chi connectivity index (χ0) is 17.6. The Balaban J connectivity index is 1.56. The number of fused-ring (bicyclic) bond motifs is 1. The number of benzene rings is 1. The molecule has 2 amide bonds. The molecule has 2 heterocycles. The van der Waals surface area contributed by atoms with E-state index in [4.69, 9.17) is 4.74 Å². The Bertz CT molecular complexity index is 728. The van der Waals surface area contributed by atoms with Crippen LogP contribution in [0, 0.1) is 11.8 Å². The second kappa shape index (κ2) is 6.17. The second-order valence-electron chi connectivity index (χ2n) is 7.22. The predicted octanol–water partition coefficient (Wildman–Crippen LogP) is 1.38. The lowest BCUT2D eigenvalue weighted by Gasteiger charge is -2.26. The number of amides is 2. The third-order valence-electron chi connectivity index (χ3n) is 5.43. The number of likely N-dealkylation sites (tertiary alicyclic amines) is 1. The average molecular weight is 342 g/mol. The van der Waals surface area contributed by atoms with E-state index in [0.29, 0.717) is 18.9 Å². The van der Waals surface area contributed by atoms with E-state index in [2.05, 4.69) is 0 Å². The van der Waals surface area contributed by atoms with Gasteiger partial charge < -0.3 is 9.64 Å². The maximum absolute atomic E-state index is 13.2. The molecule has 132 valence electrons. The fourth-order valence-corrected chi connectivity index (χ4v) is 3.91. The topological polar surface area (TPSA) is 66.9 Å². The summed E-state index contributed by atoms with van der Waals surface area (Å²) in [6.45, 7) is 1.22. The van der Waals surface area contributed by atoms with Crippen molar-refractivity contribution in [2.45, 2.75) is 31.7 Å². The Morgan fingerprint density at radius 3 is 2.68 bits per heavy atom. The Morgan fingerprint density at radius 2 is 1.96 bits per heavy atom. The SMILES string of the molecule is COC(=O)C1Cc2ccccc2N1C(=O)C1CC(=O)N(CC2CC2)C1. The van der Waals surface area contributed by atoms with Crippen LogP contribution in [0.15, 0.2) is 24.3 Å². The van der Waals surface area contributed by atoms with E-state index >= 15 is 0 Å². The number of hydrogen-bond acceptors (Lipinski definition) is 4. The molecule has 0 aromatic heterocycles. The van der Waals surface area contributed by atoms with Gasteiger partial charge in [-0.1, -0.05) is 18.2 Å². The largest absolute Gasteiger partial charge is 0.467 e. The number of methoxy groups -OCH3 is 1. The van der Waals surface area contributed by atoms with Crippen LogP contribution in [-0.2, 0) is 25.5 Å². The van der Waals surface area contributed by atoms with Gasteiger partial charge in [-0.3, -0.25) is 14.5 Å². The summed E-state index contributed by atoms with van der Waals surface area (Å²) < 4.78 is 4.90. The van der Waals surface area contributed by atoms with Gasteiger partial charge >= 0.3 is 5.97 Å². The van der Waals surface area contributed by atoms with Gasteiger partial charge in [-0.2, -0.15) is 0 Å². The van der Waals surface area contributed by atoms with Gasteiger partial charge in [0.2, 0.25) is 11.8 Å². The van der Waals surface area contributed by atoms with Crippen LogP contribution in [0.25, 0.3) is 0 Å². The summed E-state index contributed by atoms with van der Waals surface area (Å²) in [5.41, 5.74) is 1.72. The van der Waals surface area contributed by atoms with Crippen molar-refractivity contribution in [2.75, 3.05) is 25.1 Å². The highest BCUT2D eigenvalue weighted by atomic mass is 16.5. The molecule has 1 saturated heterocycles. The van der Waals surface area contributed by atoms with Crippen LogP contribution in [0.4, 0.5) is 5.69 Å². The van der Waals surface area contributed by atoms with Crippen LogP contribution in [0.2, 0.25) is 0 Å². The highest BCUT2D eigenvalue weighted by molar-refractivity contribution is 6.05. The van der Waals surface area contributed by atoms with Crippen LogP contribution in [0.3, 0.4) is 0 Å². The van der Waals surface area contributed by atoms with Crippen molar-refractivity contribution in [1.29, 1.82) is 0 Å². The minimum atomic E-state index is -0.637. The van der Waals surface area contributed by atoms with Gasteiger partial charge in [-0.05, 0) is 30.4 Å². The zero-order valence-corrected chi connectivity index (χ0v) is 14.3. The van der Waals surface area contributed by atoms with Crippen molar-refractivity contribution < 1.29 is 19.1 Å². The van der Waals surface area contributed by atoms with Gasteiger partial charge in [0.05, 0.1) is 13.0 Å². The van der Waals surface area contributed by atoms with E-state index < -0.39 is 12.0 Å². The third kappa shape index (κ3) is 2.90. The Kier molecular flexibility index (Phi) is 3.98. The number of para-hydroxylation sites is 1. The molecule has 2 atom stereocenters. The Morgan fingerprint density at radius 1 is 1.20 bits per heavy atom. The van der Waals surface area contributed by atoms with E-state index in [0.717, 1.165) is 17.8 Å². The van der Waals surface area contributed by atoms with Crippen LogP contribution >= 0.6 is 0 Å². The molecule has 2 aliphatic heterocycles. The van der Waals surface area contributed by atoms with E-state index in [9.17, 15) is 14.4 Å². The van der Waals surface area contributed by atoms with Crippen molar-refractivity contribution in [3.05, 3.63) is 29.8 Å². The van der Waals surface area contributed by atoms with Gasteiger partial charge in [0, 0.05) is 31.6 Å². The van der Waals surface area contributed by atoms with Crippen molar-refractivity contribution in [2.24, 2.45) is 11.8 Å². The fourth-order valence-electron chi connectivity index (χ4n) is 3.91. The number of ether oxygens (including phenoxy) is 1. The second-order valence-corrected chi connectivity index (χ2v) is 7.22. The maximum atomic E-state index is 13.2. The highest BCUT2D eigenvalue weighted by Gasteiger charge is 2.45. The molecule has 1 aliphatic carbocycles. The van der Waals surface area contributed by atoms with E-state index in [1.807, 2.05) is 29.2 Å². The fraction of sp³-hybridized carbons (Fsp3) is 0.526. The first-order valence-corrected chi connectivity index (χ1v) is 8.85. The lowest BCUT2D eigenvalue weighted by atomic mass is 10.1. The summed E-state index contributed by atoms with van der Waals surface area (Å²) in [4.78, 5) is 41.0. The summed E-state index contributed by atoms with van der Waals surface area (Å²) >= 11 is 0. The molecule has 4 rings (SSSR count). The summed E-state index contributed by atoms with van der Waals surface area (Å²) in [6, 6.07) is 6.91. The Labute approximate surface area is 146 Å². The molecule has 6 heteroatoms. The van der Waals surface area contributed by atoms with E-state index in [-0.39, 0.29) is 24.2 Å². The van der Waals surface area contributed by atoms with Gasteiger partial charge in [0.1, 0.15) is 6.04 Å². The minimum absolute atomic E-state index is 0.0485. The van der Waals surface area contributed by atoms with Crippen molar-refractivity contribution >= 4 is 23.5 Å². The number of carbonyl (C=O) groups excluding carboxylic acids is 3. The summed E-state index contributed by atoms with van der Waals surface area (Å²) in [5, 5.41) is 0. The quantitative estimate of drug-likeness (QED) is 0.775. The molecule has 1 aromatic rings. The molecule has 1 aromatic carbocycles. The molecule has 6 nitrogen and oxygen atoms in total. The van der Waals surface area contributed by atoms with Crippen molar-refractivity contribution in [3.8, 4) is 0 Å². The third-order valence-corrected chi connectivity index (χ3v) is 5.43. The number of rotatable bonds is 4. The molecule has 0 spiro atoms. The van der Waals surface area contributed by atoms with Crippen LogP contribution in [0.1, 0.15) is 24.8 Å². The zero-order valence-electron chi connectivity index (χ0n) is 14.3. The smallest absolute Gasteiger partial charge is 0.329 e. The lowest BCUT2D eigenvalue weighted by Crippen LogP contribution is -2.46. The number of carbonyl (C=O) groups is 3. The molecule has 25 heavy (non-hydrogen) atoms. The molecule has 2 fully saturated rings. The molecule has 0 radical (unpaired) electrons. The van der Waals surface area contributed by atoms with Crippen LogP contribution < -0.4 is 4.90 Å². The maximum Gasteiger partial charge on any atom is 0.329 e. The molecule has 2 unspecified atom stereocenters. The highest BCUT2D eigenvalue weighted by Crippen LogP contribution is 2.36. The molecular weight excluding hydrogens is 320 g/mol. The number of hydrogen-bond donors (Lipinski definition) is 0. The monoisotopic (exact) mass is 342 g/mol. The van der Waals surface area contributed by atoms with Crippen molar-refractivity contribution in [1.82, 2.24) is 4.90 Å². The molecule has 1 saturated carbocycles. The van der Waals surface area contributed by atoms with E-state index in [1.54, 1.807) is 4.90 Å². The minimum Gasteiger partial charge on any atom is -0.467 e. The van der Waals surface area contributed by atoms with Gasteiger partial charge in [0.15, 0.2) is 0 Å². The number of anilines is 1. The first-order valence-electron chi connectivity index (χ1n) is 8.85. The molecule has 0 bridgehead atoms. The number of esters is 1. The molecule has 0 N–H and O–H groups in total. The molecular formula is C19H22N2O4. The van der Waals surface area contributed by atoms with Crippen molar-refractivity contribution in [3.63, 3.8) is 0 Å². The van der Waals surface area contributed by atoms with E-state index in [1.165, 1.54) is 20.0 Å². The summed E-state index contributed by atoms with van der Waals surface area (Å²) in [5.74, 6) is -0.291. The van der Waals surface area contributed by atoms with Crippen LogP contribution in [-0.4, -0.2) is 48.9 Å². The summed E-state index contributed by atoms with van der Waals surface area (Å²) in [6.07, 6.45) is 3.04. The Hall–Kier alpha value is -2.37. The van der Waals surface area contributed by atoms with Crippen LogP contribution in [0.5, 0.6) is 0 Å². The normalized spacial score (nSPS) is 25.2. The first-order chi connectivity index (χ1) is 12.1. The summed E-state index contributed by atoms with van der Waals surface area (Å²) in [7, 11) is 1.34. The molecule has 3 aliphatic rings. The first kappa shape index (κ1) is 16.1.